The summed E-state index contributed by atoms with van der Waals surface area (Å²) in [5.41, 5.74) is 5.80. The Hall–Kier alpha value is -1.58. The molecule has 1 aromatic carbocycles. The molecule has 1 fully saturated rings. The highest BCUT2D eigenvalue weighted by Crippen LogP contribution is 2.29. The summed E-state index contributed by atoms with van der Waals surface area (Å²) in [6.45, 7) is 4.38. The first-order valence-electron chi connectivity index (χ1n) is 6.85. The summed E-state index contributed by atoms with van der Waals surface area (Å²) in [5.74, 6) is 0.307. The maximum Gasteiger partial charge on any atom is 0.251 e. The van der Waals surface area contributed by atoms with Crippen LogP contribution in [0.3, 0.4) is 0 Å². The molecule has 19 heavy (non-hydrogen) atoms. The largest absolute Gasteiger partial charge is 0.396 e. The number of carbonyl (C=O) groups excluding carboxylic acids is 1. The second kappa shape index (κ2) is 5.59. The second-order valence-electron chi connectivity index (χ2n) is 5.58. The molecule has 1 amide bonds. The van der Waals surface area contributed by atoms with Crippen LogP contribution < -0.4 is 11.1 Å². The molecule has 0 saturated heterocycles. The summed E-state index contributed by atoms with van der Waals surface area (Å²) >= 11 is 0. The first kappa shape index (κ1) is 13.8. The van der Waals surface area contributed by atoms with Crippen molar-refractivity contribution in [2.24, 2.45) is 11.8 Å². The number of nitrogens with two attached hydrogens (primary N) is 1. The van der Waals surface area contributed by atoms with Crippen molar-refractivity contribution in [2.75, 3.05) is 5.73 Å². The van der Waals surface area contributed by atoms with Crippen LogP contribution in [0.4, 0.5) is 10.1 Å². The number of hydrogen-bond donors (Lipinski definition) is 2. The molecule has 0 heterocycles. The van der Waals surface area contributed by atoms with E-state index in [1.54, 1.807) is 6.07 Å². The molecule has 2 rings (SSSR count). The third-order valence-electron chi connectivity index (χ3n) is 4.29. The summed E-state index contributed by atoms with van der Waals surface area (Å²) in [7, 11) is 0. The maximum atomic E-state index is 13.4. The molecular formula is C15H21FN2O. The standard InChI is InChI=1S/C15H21FN2O/c1-9-4-3-5-14(10(9)2)18-15(19)11-6-7-13(17)12(16)8-11/h6-10,14H,3-5,17H2,1-2H3,(H,18,19). The van der Waals surface area contributed by atoms with E-state index in [0.717, 1.165) is 12.8 Å². The van der Waals surface area contributed by atoms with Gasteiger partial charge in [0, 0.05) is 11.6 Å². The molecule has 1 saturated carbocycles. The highest BCUT2D eigenvalue weighted by atomic mass is 19.1. The van der Waals surface area contributed by atoms with Gasteiger partial charge in [-0.1, -0.05) is 26.7 Å². The third-order valence-corrected chi connectivity index (χ3v) is 4.29. The Morgan fingerprint density at radius 3 is 2.79 bits per heavy atom. The first-order chi connectivity index (χ1) is 8.99. The zero-order valence-electron chi connectivity index (χ0n) is 11.4. The topological polar surface area (TPSA) is 55.1 Å². The fourth-order valence-electron chi connectivity index (χ4n) is 2.71. The molecule has 3 unspecified atom stereocenters. The van der Waals surface area contributed by atoms with Crippen molar-refractivity contribution in [3.05, 3.63) is 29.6 Å². The number of halogens is 1. The molecule has 0 radical (unpaired) electrons. The van der Waals surface area contributed by atoms with Crippen LogP contribution in [0.2, 0.25) is 0 Å². The van der Waals surface area contributed by atoms with Crippen molar-refractivity contribution in [3.63, 3.8) is 0 Å². The number of nitrogens with one attached hydrogen (secondary N) is 1. The molecule has 1 aliphatic carbocycles. The lowest BCUT2D eigenvalue weighted by Gasteiger charge is -2.34. The minimum absolute atomic E-state index is 0.0659. The SMILES string of the molecule is CC1CCCC(NC(=O)c2ccc(N)c(F)c2)C1C. The van der Waals surface area contributed by atoms with Crippen LogP contribution in [0.15, 0.2) is 18.2 Å². The Morgan fingerprint density at radius 2 is 2.11 bits per heavy atom. The number of amides is 1. The predicted molar refractivity (Wildman–Crippen MR) is 74.2 cm³/mol. The van der Waals surface area contributed by atoms with Gasteiger partial charge in [-0.2, -0.15) is 0 Å². The molecule has 3 N–H and O–H groups in total. The van der Waals surface area contributed by atoms with Crippen LogP contribution in [-0.2, 0) is 0 Å². The number of benzene rings is 1. The smallest absolute Gasteiger partial charge is 0.251 e. The van der Waals surface area contributed by atoms with E-state index in [4.69, 9.17) is 5.73 Å². The zero-order chi connectivity index (χ0) is 14.0. The minimum atomic E-state index is -0.544. The summed E-state index contributed by atoms with van der Waals surface area (Å²) in [4.78, 5) is 12.1. The number of anilines is 1. The predicted octanol–water partition coefficient (Wildman–Crippen LogP) is 2.96. The van der Waals surface area contributed by atoms with Crippen LogP contribution in [0.5, 0.6) is 0 Å². The van der Waals surface area contributed by atoms with Crippen molar-refractivity contribution in [1.29, 1.82) is 0 Å². The van der Waals surface area contributed by atoms with Crippen LogP contribution >= 0.6 is 0 Å². The number of nitrogen functional groups attached to an aromatic ring is 1. The Morgan fingerprint density at radius 1 is 1.37 bits per heavy atom. The van der Waals surface area contributed by atoms with Gasteiger partial charge >= 0.3 is 0 Å². The molecule has 0 spiro atoms. The second-order valence-corrected chi connectivity index (χ2v) is 5.58. The minimum Gasteiger partial charge on any atom is -0.396 e. The van der Waals surface area contributed by atoms with E-state index in [1.165, 1.54) is 18.6 Å². The van der Waals surface area contributed by atoms with E-state index in [0.29, 0.717) is 17.4 Å². The Labute approximate surface area is 113 Å². The van der Waals surface area contributed by atoms with Gasteiger partial charge in [0.2, 0.25) is 0 Å². The van der Waals surface area contributed by atoms with E-state index in [-0.39, 0.29) is 17.6 Å². The van der Waals surface area contributed by atoms with Crippen LogP contribution in [0, 0.1) is 17.7 Å². The van der Waals surface area contributed by atoms with Crippen molar-refractivity contribution in [2.45, 2.75) is 39.2 Å². The third kappa shape index (κ3) is 3.06. The summed E-state index contributed by atoms with van der Waals surface area (Å²) in [6, 6.07) is 4.36. The maximum absolute atomic E-state index is 13.4. The molecule has 3 atom stereocenters. The molecule has 3 nitrogen and oxygen atoms in total. The van der Waals surface area contributed by atoms with Gasteiger partial charge in [0.25, 0.3) is 5.91 Å². The van der Waals surface area contributed by atoms with Crippen molar-refractivity contribution in [3.8, 4) is 0 Å². The molecule has 104 valence electrons. The summed E-state index contributed by atoms with van der Waals surface area (Å²) in [5, 5.41) is 3.02. The molecule has 1 aliphatic rings. The lowest BCUT2D eigenvalue weighted by atomic mass is 9.78. The lowest BCUT2D eigenvalue weighted by Crippen LogP contribution is -2.43. The Bertz CT molecular complexity index is 475. The first-order valence-corrected chi connectivity index (χ1v) is 6.85. The number of hydrogen-bond acceptors (Lipinski definition) is 2. The Balaban J connectivity index is 2.06. The Kier molecular flexibility index (Phi) is 4.08. The summed E-state index contributed by atoms with van der Waals surface area (Å²) in [6.07, 6.45) is 3.34. The molecule has 1 aromatic rings. The van der Waals surface area contributed by atoms with Crippen molar-refractivity contribution < 1.29 is 9.18 Å². The van der Waals surface area contributed by atoms with Crippen LogP contribution in [0.25, 0.3) is 0 Å². The zero-order valence-corrected chi connectivity index (χ0v) is 11.4. The number of carbonyl (C=O) groups is 1. The van der Waals surface area contributed by atoms with Gasteiger partial charge in [-0.25, -0.2) is 4.39 Å². The average Bonchev–Trinajstić information content (AvgIpc) is 2.38. The quantitative estimate of drug-likeness (QED) is 0.807. The molecule has 4 heteroatoms. The summed E-state index contributed by atoms with van der Waals surface area (Å²) < 4.78 is 13.4. The molecule has 0 bridgehead atoms. The van der Waals surface area contributed by atoms with Crippen molar-refractivity contribution >= 4 is 11.6 Å². The van der Waals surface area contributed by atoms with Gasteiger partial charge in [0.15, 0.2) is 0 Å². The van der Waals surface area contributed by atoms with Crippen LogP contribution in [-0.4, -0.2) is 11.9 Å². The van der Waals surface area contributed by atoms with Gasteiger partial charge in [-0.05, 0) is 36.5 Å². The van der Waals surface area contributed by atoms with Gasteiger partial charge in [-0.3, -0.25) is 4.79 Å². The van der Waals surface area contributed by atoms with E-state index >= 15 is 0 Å². The highest BCUT2D eigenvalue weighted by molar-refractivity contribution is 5.94. The van der Waals surface area contributed by atoms with Crippen LogP contribution in [0.1, 0.15) is 43.5 Å². The van der Waals surface area contributed by atoms with Gasteiger partial charge < -0.3 is 11.1 Å². The number of rotatable bonds is 2. The van der Waals surface area contributed by atoms with Gasteiger partial charge in [0.05, 0.1) is 5.69 Å². The lowest BCUT2D eigenvalue weighted by molar-refractivity contribution is 0.0890. The van der Waals surface area contributed by atoms with E-state index < -0.39 is 5.82 Å². The fraction of sp³-hybridized carbons (Fsp3) is 0.533. The van der Waals surface area contributed by atoms with Gasteiger partial charge in [0.1, 0.15) is 5.82 Å². The van der Waals surface area contributed by atoms with Gasteiger partial charge in [-0.15, -0.1) is 0 Å². The highest BCUT2D eigenvalue weighted by Gasteiger charge is 2.28. The van der Waals surface area contributed by atoms with E-state index in [2.05, 4.69) is 19.2 Å². The molecular weight excluding hydrogens is 243 g/mol. The van der Waals surface area contributed by atoms with E-state index in [1.807, 2.05) is 0 Å². The normalized spacial score (nSPS) is 27.0. The monoisotopic (exact) mass is 264 g/mol. The molecule has 0 aromatic heterocycles. The fourth-order valence-corrected chi connectivity index (χ4v) is 2.71. The molecule has 0 aliphatic heterocycles. The average molecular weight is 264 g/mol. The van der Waals surface area contributed by atoms with Crippen molar-refractivity contribution in [1.82, 2.24) is 5.32 Å². The van der Waals surface area contributed by atoms with E-state index in [9.17, 15) is 9.18 Å².